The molecule has 0 saturated heterocycles. The molecular weight excluding hydrogens is 262 g/mol. The van der Waals surface area contributed by atoms with Crippen LogP contribution in [0.1, 0.15) is 35.8 Å². The molecule has 1 N–H and O–H groups in total. The second-order valence-electron chi connectivity index (χ2n) is 5.11. The van der Waals surface area contributed by atoms with Gasteiger partial charge in [0.05, 0.1) is 6.04 Å². The Morgan fingerprint density at radius 2 is 1.43 bits per heavy atom. The van der Waals surface area contributed by atoms with Gasteiger partial charge in [-0.05, 0) is 5.56 Å². The van der Waals surface area contributed by atoms with Crippen LogP contribution in [0.15, 0.2) is 60.7 Å². The lowest BCUT2D eigenvalue weighted by atomic mass is 9.88. The number of carbonyl (C=O) groups is 2. The van der Waals surface area contributed by atoms with E-state index < -0.39 is 0 Å². The van der Waals surface area contributed by atoms with Crippen LogP contribution < -0.4 is 5.32 Å². The predicted molar refractivity (Wildman–Crippen MR) is 82.9 cm³/mol. The van der Waals surface area contributed by atoms with Gasteiger partial charge in [0.2, 0.25) is 5.91 Å². The van der Waals surface area contributed by atoms with E-state index in [-0.39, 0.29) is 23.7 Å². The Morgan fingerprint density at radius 1 is 0.905 bits per heavy atom. The highest BCUT2D eigenvalue weighted by Gasteiger charge is 2.26. The largest absolute Gasteiger partial charge is 0.349 e. The van der Waals surface area contributed by atoms with Gasteiger partial charge in [0, 0.05) is 18.4 Å². The maximum Gasteiger partial charge on any atom is 0.217 e. The third-order valence-corrected chi connectivity index (χ3v) is 3.49. The van der Waals surface area contributed by atoms with Gasteiger partial charge >= 0.3 is 0 Å². The van der Waals surface area contributed by atoms with Crippen LogP contribution in [0.4, 0.5) is 0 Å². The van der Waals surface area contributed by atoms with Crippen molar-refractivity contribution in [1.82, 2.24) is 5.32 Å². The van der Waals surface area contributed by atoms with Crippen LogP contribution in [-0.2, 0) is 4.79 Å². The molecule has 3 heteroatoms. The molecule has 0 aliphatic carbocycles. The molecule has 0 fully saturated rings. The Hall–Kier alpha value is -2.42. The monoisotopic (exact) mass is 281 g/mol. The molecule has 2 rings (SSSR count). The Kier molecular flexibility index (Phi) is 4.88. The average molecular weight is 281 g/mol. The molecule has 0 heterocycles. The quantitative estimate of drug-likeness (QED) is 0.854. The van der Waals surface area contributed by atoms with E-state index in [1.165, 1.54) is 6.92 Å². The van der Waals surface area contributed by atoms with Gasteiger partial charge < -0.3 is 5.32 Å². The first-order chi connectivity index (χ1) is 10.1. The zero-order valence-electron chi connectivity index (χ0n) is 12.2. The maximum atomic E-state index is 12.6. The second-order valence-corrected chi connectivity index (χ2v) is 5.11. The molecule has 21 heavy (non-hydrogen) atoms. The third-order valence-electron chi connectivity index (χ3n) is 3.49. The lowest BCUT2D eigenvalue weighted by Crippen LogP contribution is -2.34. The first-order valence-electron chi connectivity index (χ1n) is 7.01. The van der Waals surface area contributed by atoms with Crippen LogP contribution in [0.5, 0.6) is 0 Å². The number of hydrogen-bond donors (Lipinski definition) is 1. The van der Waals surface area contributed by atoms with Crippen molar-refractivity contribution in [2.24, 2.45) is 5.92 Å². The van der Waals surface area contributed by atoms with Crippen molar-refractivity contribution in [2.45, 2.75) is 19.9 Å². The summed E-state index contributed by atoms with van der Waals surface area (Å²) in [5, 5.41) is 2.89. The van der Waals surface area contributed by atoms with Crippen molar-refractivity contribution in [3.63, 3.8) is 0 Å². The summed E-state index contributed by atoms with van der Waals surface area (Å²) in [4.78, 5) is 24.1. The molecule has 2 atom stereocenters. The van der Waals surface area contributed by atoms with Gasteiger partial charge in [0.25, 0.3) is 0 Å². The lowest BCUT2D eigenvalue weighted by Gasteiger charge is -2.24. The fraction of sp³-hybridized carbons (Fsp3) is 0.222. The highest BCUT2D eigenvalue weighted by molar-refractivity contribution is 5.98. The number of amides is 1. The van der Waals surface area contributed by atoms with E-state index in [1.54, 1.807) is 12.1 Å². The third kappa shape index (κ3) is 3.78. The number of rotatable bonds is 5. The first kappa shape index (κ1) is 15.0. The van der Waals surface area contributed by atoms with Crippen molar-refractivity contribution in [3.8, 4) is 0 Å². The van der Waals surface area contributed by atoms with Gasteiger partial charge in [-0.1, -0.05) is 67.6 Å². The number of benzene rings is 2. The van der Waals surface area contributed by atoms with Gasteiger partial charge in [-0.15, -0.1) is 0 Å². The van der Waals surface area contributed by atoms with E-state index in [9.17, 15) is 9.59 Å². The molecule has 108 valence electrons. The fourth-order valence-corrected chi connectivity index (χ4v) is 2.39. The van der Waals surface area contributed by atoms with Crippen LogP contribution in [-0.4, -0.2) is 11.7 Å². The summed E-state index contributed by atoms with van der Waals surface area (Å²) < 4.78 is 0. The fourth-order valence-electron chi connectivity index (χ4n) is 2.39. The summed E-state index contributed by atoms with van der Waals surface area (Å²) in [5.74, 6) is -0.450. The molecule has 2 aromatic carbocycles. The topological polar surface area (TPSA) is 46.2 Å². The van der Waals surface area contributed by atoms with Crippen LogP contribution in [0.3, 0.4) is 0 Å². The van der Waals surface area contributed by atoms with E-state index in [1.807, 2.05) is 55.5 Å². The van der Waals surface area contributed by atoms with Crippen LogP contribution >= 0.6 is 0 Å². The first-order valence-corrected chi connectivity index (χ1v) is 7.01. The molecule has 0 spiro atoms. The van der Waals surface area contributed by atoms with Gasteiger partial charge in [-0.3, -0.25) is 9.59 Å². The summed E-state index contributed by atoms with van der Waals surface area (Å²) in [6.07, 6.45) is 0. The number of nitrogens with one attached hydrogen (secondary N) is 1. The number of Topliss-reactive ketones (excluding diaryl/α,β-unsaturated/α-hetero) is 1. The number of hydrogen-bond acceptors (Lipinski definition) is 2. The van der Waals surface area contributed by atoms with E-state index in [0.29, 0.717) is 5.56 Å². The van der Waals surface area contributed by atoms with Crippen LogP contribution in [0, 0.1) is 5.92 Å². The van der Waals surface area contributed by atoms with Gasteiger partial charge in [-0.2, -0.15) is 0 Å². The smallest absolute Gasteiger partial charge is 0.217 e. The highest BCUT2D eigenvalue weighted by Crippen LogP contribution is 2.25. The normalized spacial score (nSPS) is 13.2. The molecule has 0 saturated carbocycles. The van der Waals surface area contributed by atoms with Crippen molar-refractivity contribution < 1.29 is 9.59 Å². The summed E-state index contributed by atoms with van der Waals surface area (Å²) >= 11 is 0. The average Bonchev–Trinajstić information content (AvgIpc) is 2.53. The SMILES string of the molecule is CC(=O)NC(c1ccccc1)C(C)C(=O)c1ccccc1. The van der Waals surface area contributed by atoms with Crippen molar-refractivity contribution in [2.75, 3.05) is 0 Å². The second kappa shape index (κ2) is 6.84. The molecule has 0 aliphatic heterocycles. The van der Waals surface area contributed by atoms with Gasteiger partial charge in [0.15, 0.2) is 5.78 Å². The number of ketones is 1. The summed E-state index contributed by atoms with van der Waals surface area (Å²) in [5.41, 5.74) is 1.60. The summed E-state index contributed by atoms with van der Waals surface area (Å²) in [7, 11) is 0. The Labute approximate surface area is 125 Å². The lowest BCUT2D eigenvalue weighted by molar-refractivity contribution is -0.119. The molecule has 0 aliphatic rings. The molecule has 2 aromatic rings. The molecule has 3 nitrogen and oxygen atoms in total. The van der Waals surface area contributed by atoms with Crippen molar-refractivity contribution in [3.05, 3.63) is 71.8 Å². The zero-order valence-corrected chi connectivity index (χ0v) is 12.2. The van der Waals surface area contributed by atoms with E-state index >= 15 is 0 Å². The molecule has 0 bridgehead atoms. The molecule has 2 unspecified atom stereocenters. The predicted octanol–water partition coefficient (Wildman–Crippen LogP) is 3.38. The molecular formula is C18H19NO2. The van der Waals surface area contributed by atoms with Crippen LogP contribution in [0.2, 0.25) is 0 Å². The van der Waals surface area contributed by atoms with E-state index in [4.69, 9.17) is 0 Å². The van der Waals surface area contributed by atoms with Crippen molar-refractivity contribution in [1.29, 1.82) is 0 Å². The molecule has 0 radical (unpaired) electrons. The van der Waals surface area contributed by atoms with Crippen LogP contribution in [0.25, 0.3) is 0 Å². The molecule has 1 amide bonds. The Morgan fingerprint density at radius 3 is 1.95 bits per heavy atom. The summed E-state index contributed by atoms with van der Waals surface area (Å²) in [6, 6.07) is 18.4. The van der Waals surface area contributed by atoms with Crippen molar-refractivity contribution >= 4 is 11.7 Å². The van der Waals surface area contributed by atoms with Gasteiger partial charge in [0.1, 0.15) is 0 Å². The maximum absolute atomic E-state index is 12.6. The van der Waals surface area contributed by atoms with E-state index in [0.717, 1.165) is 5.56 Å². The minimum atomic E-state index is -0.335. The zero-order chi connectivity index (χ0) is 15.2. The Balaban J connectivity index is 2.28. The van der Waals surface area contributed by atoms with Gasteiger partial charge in [-0.25, -0.2) is 0 Å². The van der Waals surface area contributed by atoms with E-state index in [2.05, 4.69) is 5.32 Å². The standard InChI is InChI=1S/C18H19NO2/c1-13(18(21)16-11-7-4-8-12-16)17(19-14(2)20)15-9-5-3-6-10-15/h3-13,17H,1-2H3,(H,19,20). The molecule has 0 aromatic heterocycles. The summed E-state index contributed by atoms with van der Waals surface area (Å²) in [6.45, 7) is 3.32. The Bertz CT molecular complexity index is 608. The minimum absolute atomic E-state index is 0.0261. The number of carbonyl (C=O) groups excluding carboxylic acids is 2. The minimum Gasteiger partial charge on any atom is -0.349 e. The highest BCUT2D eigenvalue weighted by atomic mass is 16.1.